The maximum atomic E-state index is 5.46. The van der Waals surface area contributed by atoms with E-state index in [-0.39, 0.29) is 24.0 Å². The maximum Gasteiger partial charge on any atom is 0.191 e. The molecule has 0 amide bonds. The van der Waals surface area contributed by atoms with Crippen LogP contribution in [0.1, 0.15) is 37.3 Å². The summed E-state index contributed by atoms with van der Waals surface area (Å²) < 4.78 is 5.46. The topological polar surface area (TPSA) is 48.9 Å². The number of rotatable bonds is 6. The molecule has 1 fully saturated rings. The van der Waals surface area contributed by atoms with Gasteiger partial charge in [-0.05, 0) is 44.9 Å². The molecule has 1 aromatic carbocycles. The average molecular weight is 460 g/mol. The van der Waals surface area contributed by atoms with Gasteiger partial charge in [0.2, 0.25) is 0 Å². The predicted molar refractivity (Wildman–Crippen MR) is 116 cm³/mol. The summed E-state index contributed by atoms with van der Waals surface area (Å²) in [6.07, 6.45) is 4.01. The first kappa shape index (κ1) is 22.0. The first-order chi connectivity index (χ1) is 11.6. The van der Waals surface area contributed by atoms with Gasteiger partial charge in [0, 0.05) is 38.3 Å². The number of nitrogens with one attached hydrogen (secondary N) is 2. The fourth-order valence-electron chi connectivity index (χ4n) is 3.21. The van der Waals surface area contributed by atoms with E-state index in [0.29, 0.717) is 12.6 Å². The standard InChI is InChI=1S/C19H32N4O.HI/c1-15-8-9-17(18(13-15)24-4)14-22-19(20-3)21-10-12-23-11-6-5-7-16(23)2;/h8-9,13,16H,5-7,10-12,14H2,1-4H3,(H2,20,21,22);1H. The lowest BCUT2D eigenvalue weighted by atomic mass is 10.0. The molecule has 0 aromatic heterocycles. The normalized spacial score (nSPS) is 18.4. The Kier molecular flexibility index (Phi) is 10.2. The molecular formula is C19H33IN4O. The lowest BCUT2D eigenvalue weighted by Crippen LogP contribution is -2.45. The van der Waals surface area contributed by atoms with Crippen LogP contribution < -0.4 is 15.4 Å². The van der Waals surface area contributed by atoms with Gasteiger partial charge in [0.25, 0.3) is 0 Å². The number of nitrogens with zero attached hydrogens (tertiary/aromatic N) is 2. The molecule has 1 unspecified atom stereocenters. The second kappa shape index (κ2) is 11.6. The number of guanidine groups is 1. The largest absolute Gasteiger partial charge is 0.496 e. The molecule has 1 aliphatic rings. The van der Waals surface area contributed by atoms with Crippen molar-refractivity contribution in [3.8, 4) is 5.75 Å². The molecule has 2 N–H and O–H groups in total. The van der Waals surface area contributed by atoms with Crippen molar-refractivity contribution in [2.24, 2.45) is 4.99 Å². The number of hydrogen-bond acceptors (Lipinski definition) is 3. The molecule has 1 aliphatic heterocycles. The van der Waals surface area contributed by atoms with E-state index in [1.54, 1.807) is 7.11 Å². The quantitative estimate of drug-likeness (QED) is 0.389. The molecule has 1 heterocycles. The van der Waals surface area contributed by atoms with Gasteiger partial charge in [-0.25, -0.2) is 0 Å². The molecule has 6 heteroatoms. The number of benzene rings is 1. The van der Waals surface area contributed by atoms with Crippen LogP contribution in [0.5, 0.6) is 5.75 Å². The Labute approximate surface area is 169 Å². The van der Waals surface area contributed by atoms with E-state index in [1.165, 1.54) is 31.4 Å². The molecule has 0 saturated carbocycles. The highest BCUT2D eigenvalue weighted by Crippen LogP contribution is 2.19. The minimum Gasteiger partial charge on any atom is -0.496 e. The third kappa shape index (κ3) is 7.01. The van der Waals surface area contributed by atoms with Crippen LogP contribution in [0.15, 0.2) is 23.2 Å². The molecule has 142 valence electrons. The van der Waals surface area contributed by atoms with Gasteiger partial charge in [-0.15, -0.1) is 24.0 Å². The highest BCUT2D eigenvalue weighted by Gasteiger charge is 2.17. The third-order valence-electron chi connectivity index (χ3n) is 4.74. The van der Waals surface area contributed by atoms with Crippen molar-refractivity contribution < 1.29 is 4.74 Å². The Morgan fingerprint density at radius 2 is 2.12 bits per heavy atom. The average Bonchev–Trinajstić information content (AvgIpc) is 2.60. The number of aryl methyl sites for hydroxylation is 1. The summed E-state index contributed by atoms with van der Waals surface area (Å²) in [5.74, 6) is 1.75. The molecule has 1 atom stereocenters. The van der Waals surface area contributed by atoms with Crippen LogP contribution in [0.3, 0.4) is 0 Å². The van der Waals surface area contributed by atoms with E-state index >= 15 is 0 Å². The Balaban J connectivity index is 0.00000312. The first-order valence-corrected chi connectivity index (χ1v) is 8.96. The number of methoxy groups -OCH3 is 1. The summed E-state index contributed by atoms with van der Waals surface area (Å²) in [5, 5.41) is 6.78. The number of hydrogen-bond donors (Lipinski definition) is 2. The molecular weight excluding hydrogens is 427 g/mol. The van der Waals surface area contributed by atoms with Crippen LogP contribution >= 0.6 is 24.0 Å². The van der Waals surface area contributed by atoms with Gasteiger partial charge in [0.15, 0.2) is 5.96 Å². The first-order valence-electron chi connectivity index (χ1n) is 8.96. The SMILES string of the molecule is CN=C(NCCN1CCCCC1C)NCc1ccc(C)cc1OC.I. The Morgan fingerprint density at radius 1 is 1.32 bits per heavy atom. The summed E-state index contributed by atoms with van der Waals surface area (Å²) in [6.45, 7) is 8.29. The van der Waals surface area contributed by atoms with Crippen molar-refractivity contribution in [3.63, 3.8) is 0 Å². The summed E-state index contributed by atoms with van der Waals surface area (Å²) in [7, 11) is 3.52. The minimum atomic E-state index is 0. The zero-order valence-corrected chi connectivity index (χ0v) is 18.3. The second-order valence-corrected chi connectivity index (χ2v) is 6.55. The molecule has 0 spiro atoms. The van der Waals surface area contributed by atoms with Crippen LogP contribution in [-0.4, -0.2) is 50.7 Å². The van der Waals surface area contributed by atoms with E-state index < -0.39 is 0 Å². The fraction of sp³-hybridized carbons (Fsp3) is 0.632. The lowest BCUT2D eigenvalue weighted by Gasteiger charge is -2.33. The van der Waals surface area contributed by atoms with Gasteiger partial charge < -0.3 is 15.4 Å². The van der Waals surface area contributed by atoms with E-state index in [0.717, 1.165) is 30.4 Å². The lowest BCUT2D eigenvalue weighted by molar-refractivity contribution is 0.163. The maximum absolute atomic E-state index is 5.46. The molecule has 0 radical (unpaired) electrons. The minimum absolute atomic E-state index is 0. The van der Waals surface area contributed by atoms with Gasteiger partial charge in [-0.3, -0.25) is 9.89 Å². The zero-order chi connectivity index (χ0) is 17.4. The number of aliphatic imine (C=N–C) groups is 1. The van der Waals surface area contributed by atoms with Crippen LogP contribution in [0.4, 0.5) is 0 Å². The fourth-order valence-corrected chi connectivity index (χ4v) is 3.21. The van der Waals surface area contributed by atoms with Crippen molar-refractivity contribution in [1.29, 1.82) is 0 Å². The van der Waals surface area contributed by atoms with E-state index in [4.69, 9.17) is 4.74 Å². The second-order valence-electron chi connectivity index (χ2n) is 6.55. The number of piperidine rings is 1. The van der Waals surface area contributed by atoms with Crippen LogP contribution in [0.25, 0.3) is 0 Å². The summed E-state index contributed by atoms with van der Waals surface area (Å²) in [5.41, 5.74) is 2.34. The van der Waals surface area contributed by atoms with Crippen molar-refractivity contribution in [3.05, 3.63) is 29.3 Å². The third-order valence-corrected chi connectivity index (χ3v) is 4.74. The Bertz CT molecular complexity index is 550. The smallest absolute Gasteiger partial charge is 0.191 e. The van der Waals surface area contributed by atoms with E-state index in [2.05, 4.69) is 52.6 Å². The number of halogens is 1. The van der Waals surface area contributed by atoms with Crippen molar-refractivity contribution in [2.75, 3.05) is 33.8 Å². The predicted octanol–water partition coefficient (Wildman–Crippen LogP) is 3.16. The summed E-state index contributed by atoms with van der Waals surface area (Å²) >= 11 is 0. The highest BCUT2D eigenvalue weighted by atomic mass is 127. The summed E-state index contributed by atoms with van der Waals surface area (Å²) in [4.78, 5) is 6.88. The highest BCUT2D eigenvalue weighted by molar-refractivity contribution is 14.0. The Hall–Kier alpha value is -1.02. The van der Waals surface area contributed by atoms with Crippen molar-refractivity contribution in [2.45, 2.75) is 45.7 Å². The molecule has 25 heavy (non-hydrogen) atoms. The van der Waals surface area contributed by atoms with Gasteiger partial charge in [-0.2, -0.15) is 0 Å². The van der Waals surface area contributed by atoms with Crippen LogP contribution in [0, 0.1) is 6.92 Å². The van der Waals surface area contributed by atoms with Gasteiger partial charge in [0.1, 0.15) is 5.75 Å². The van der Waals surface area contributed by atoms with Crippen LogP contribution in [-0.2, 0) is 6.54 Å². The van der Waals surface area contributed by atoms with Gasteiger partial charge in [0.05, 0.1) is 7.11 Å². The molecule has 0 aliphatic carbocycles. The van der Waals surface area contributed by atoms with Crippen molar-refractivity contribution >= 4 is 29.9 Å². The number of likely N-dealkylation sites (tertiary alicyclic amines) is 1. The van der Waals surface area contributed by atoms with E-state index in [1.807, 2.05) is 7.05 Å². The number of ether oxygens (including phenoxy) is 1. The van der Waals surface area contributed by atoms with Crippen LogP contribution in [0.2, 0.25) is 0 Å². The van der Waals surface area contributed by atoms with E-state index in [9.17, 15) is 0 Å². The molecule has 1 saturated heterocycles. The molecule has 5 nitrogen and oxygen atoms in total. The molecule has 1 aromatic rings. The monoisotopic (exact) mass is 460 g/mol. The van der Waals surface area contributed by atoms with Gasteiger partial charge >= 0.3 is 0 Å². The van der Waals surface area contributed by atoms with Gasteiger partial charge in [-0.1, -0.05) is 18.6 Å². The molecule has 0 bridgehead atoms. The summed E-state index contributed by atoms with van der Waals surface area (Å²) in [6, 6.07) is 6.97. The molecule has 2 rings (SSSR count). The Morgan fingerprint density at radius 3 is 2.80 bits per heavy atom. The zero-order valence-electron chi connectivity index (χ0n) is 16.0. The van der Waals surface area contributed by atoms with Crippen molar-refractivity contribution in [1.82, 2.24) is 15.5 Å².